The predicted octanol–water partition coefficient (Wildman–Crippen LogP) is 2.63. The number of carbonyl (C=O) groups excluding carboxylic acids is 1. The minimum absolute atomic E-state index is 0.217. The van der Waals surface area contributed by atoms with Gasteiger partial charge in [-0.15, -0.1) is 6.42 Å². The van der Waals surface area contributed by atoms with Gasteiger partial charge in [-0.2, -0.15) is 0 Å². The van der Waals surface area contributed by atoms with Crippen LogP contribution in [0, 0.1) is 18.3 Å². The van der Waals surface area contributed by atoms with Gasteiger partial charge in [0.05, 0.1) is 6.04 Å². The van der Waals surface area contributed by atoms with Gasteiger partial charge in [0, 0.05) is 34.0 Å². The van der Waals surface area contributed by atoms with Crippen molar-refractivity contribution in [3.63, 3.8) is 0 Å². The van der Waals surface area contributed by atoms with E-state index in [1.54, 1.807) is 0 Å². The molecule has 0 amide bonds. The monoisotopic (exact) mass is 251 g/mol. The van der Waals surface area contributed by atoms with E-state index >= 15 is 0 Å². The topological polar surface area (TPSA) is 20.3 Å². The SMILES string of the molecule is C#CC(C(C)C[Si](C)(C)C)N1CCC(=O)CC1. The highest BCUT2D eigenvalue weighted by Crippen LogP contribution is 2.24. The number of carbonyl (C=O) groups is 1. The first-order valence-electron chi connectivity index (χ1n) is 6.55. The quantitative estimate of drug-likeness (QED) is 0.565. The number of ketones is 1. The standard InChI is InChI=1S/C14H25NOSi/c1-6-14(12(2)11-17(3,4)5)15-9-7-13(16)8-10-15/h1,12,14H,7-11H2,2-5H3. The first kappa shape index (κ1) is 14.5. The maximum absolute atomic E-state index is 11.2. The summed E-state index contributed by atoms with van der Waals surface area (Å²) in [6.07, 6.45) is 7.05. The van der Waals surface area contributed by atoms with Crippen molar-refractivity contribution in [3.8, 4) is 12.3 Å². The second kappa shape index (κ2) is 5.84. The van der Waals surface area contributed by atoms with Crippen LogP contribution in [0.25, 0.3) is 0 Å². The molecule has 0 aromatic rings. The second-order valence-corrected chi connectivity index (χ2v) is 12.0. The van der Waals surface area contributed by atoms with Gasteiger partial charge in [-0.1, -0.05) is 38.5 Å². The Morgan fingerprint density at radius 2 is 1.88 bits per heavy atom. The third-order valence-electron chi connectivity index (χ3n) is 3.39. The van der Waals surface area contributed by atoms with Crippen LogP contribution in [-0.4, -0.2) is 37.9 Å². The molecule has 96 valence electrons. The average Bonchev–Trinajstić information content (AvgIpc) is 2.19. The maximum atomic E-state index is 11.2. The van der Waals surface area contributed by atoms with Crippen LogP contribution in [0.1, 0.15) is 19.8 Å². The van der Waals surface area contributed by atoms with Gasteiger partial charge in [0.15, 0.2) is 0 Å². The summed E-state index contributed by atoms with van der Waals surface area (Å²) in [5.74, 6) is 3.87. The molecule has 2 atom stereocenters. The van der Waals surface area contributed by atoms with E-state index < -0.39 is 8.07 Å². The fourth-order valence-electron chi connectivity index (χ4n) is 2.76. The first-order chi connectivity index (χ1) is 7.83. The Labute approximate surface area is 107 Å². The van der Waals surface area contributed by atoms with Gasteiger partial charge in [0.2, 0.25) is 0 Å². The van der Waals surface area contributed by atoms with Crippen molar-refractivity contribution in [3.05, 3.63) is 0 Å². The molecule has 2 nitrogen and oxygen atoms in total. The van der Waals surface area contributed by atoms with Crippen LogP contribution < -0.4 is 0 Å². The molecule has 2 unspecified atom stereocenters. The molecular weight excluding hydrogens is 226 g/mol. The molecule has 0 bridgehead atoms. The lowest BCUT2D eigenvalue weighted by atomic mass is 9.99. The van der Waals surface area contributed by atoms with E-state index in [4.69, 9.17) is 6.42 Å². The lowest BCUT2D eigenvalue weighted by Gasteiger charge is -2.36. The number of hydrogen-bond donors (Lipinski definition) is 0. The summed E-state index contributed by atoms with van der Waals surface area (Å²) < 4.78 is 0. The zero-order valence-corrected chi connectivity index (χ0v) is 12.6. The van der Waals surface area contributed by atoms with Crippen LogP contribution in [0.15, 0.2) is 0 Å². The molecule has 0 spiro atoms. The van der Waals surface area contributed by atoms with E-state index in [0.29, 0.717) is 24.5 Å². The van der Waals surface area contributed by atoms with Gasteiger partial charge in [-0.05, 0) is 5.92 Å². The van der Waals surface area contributed by atoms with Crippen molar-refractivity contribution in [1.29, 1.82) is 0 Å². The van der Waals surface area contributed by atoms with Crippen molar-refractivity contribution in [2.45, 2.75) is 51.5 Å². The highest BCUT2D eigenvalue weighted by atomic mass is 28.3. The van der Waals surface area contributed by atoms with Crippen molar-refractivity contribution >= 4 is 13.9 Å². The summed E-state index contributed by atoms with van der Waals surface area (Å²) in [7, 11) is -1.07. The Bertz CT molecular complexity index is 303. The average molecular weight is 251 g/mol. The van der Waals surface area contributed by atoms with Gasteiger partial charge in [0.1, 0.15) is 5.78 Å². The molecule has 1 aliphatic heterocycles. The molecule has 1 saturated heterocycles. The van der Waals surface area contributed by atoms with Crippen molar-refractivity contribution in [1.82, 2.24) is 4.90 Å². The van der Waals surface area contributed by atoms with Crippen LogP contribution in [0.5, 0.6) is 0 Å². The molecule has 1 rings (SSSR count). The Morgan fingerprint density at radius 3 is 2.29 bits per heavy atom. The third kappa shape index (κ3) is 4.65. The lowest BCUT2D eigenvalue weighted by Crippen LogP contribution is -2.45. The van der Waals surface area contributed by atoms with Crippen LogP contribution in [0.2, 0.25) is 25.7 Å². The van der Waals surface area contributed by atoms with Crippen LogP contribution in [0.4, 0.5) is 0 Å². The molecule has 1 fully saturated rings. The van der Waals surface area contributed by atoms with Crippen molar-refractivity contribution in [2.75, 3.05) is 13.1 Å². The minimum Gasteiger partial charge on any atom is -0.300 e. The molecular formula is C14H25NOSi. The first-order valence-corrected chi connectivity index (χ1v) is 10.3. The van der Waals surface area contributed by atoms with Crippen LogP contribution >= 0.6 is 0 Å². The predicted molar refractivity (Wildman–Crippen MR) is 75.8 cm³/mol. The maximum Gasteiger partial charge on any atom is 0.135 e. The Hall–Kier alpha value is -0.593. The molecule has 0 radical (unpaired) electrons. The molecule has 0 aliphatic carbocycles. The molecule has 3 heteroatoms. The number of rotatable bonds is 4. The van der Waals surface area contributed by atoms with Gasteiger partial charge in [0.25, 0.3) is 0 Å². The molecule has 17 heavy (non-hydrogen) atoms. The number of terminal acetylenes is 1. The summed E-state index contributed by atoms with van der Waals surface area (Å²) in [5.41, 5.74) is 0. The summed E-state index contributed by atoms with van der Waals surface area (Å²) in [6.45, 7) is 11.1. The highest BCUT2D eigenvalue weighted by molar-refractivity contribution is 6.76. The van der Waals surface area contributed by atoms with Crippen molar-refractivity contribution in [2.24, 2.45) is 5.92 Å². The number of hydrogen-bond acceptors (Lipinski definition) is 2. The summed E-state index contributed by atoms with van der Waals surface area (Å²) in [6, 6.07) is 1.47. The normalized spacial score (nSPS) is 21.9. The Balaban J connectivity index is 2.59. The lowest BCUT2D eigenvalue weighted by molar-refractivity contribution is -0.121. The number of Topliss-reactive ketones (excluding diaryl/α,β-unsaturated/α-hetero) is 1. The zero-order valence-electron chi connectivity index (χ0n) is 11.6. The Kier molecular flexibility index (Phi) is 4.97. The number of likely N-dealkylation sites (tertiary alicyclic amines) is 1. The fourth-order valence-corrected chi connectivity index (χ4v) is 4.91. The van der Waals surface area contributed by atoms with Crippen LogP contribution in [-0.2, 0) is 4.79 Å². The van der Waals surface area contributed by atoms with Gasteiger partial charge in [-0.25, -0.2) is 0 Å². The Morgan fingerprint density at radius 1 is 1.35 bits per heavy atom. The molecule has 1 heterocycles. The van der Waals surface area contributed by atoms with Gasteiger partial charge < -0.3 is 0 Å². The van der Waals surface area contributed by atoms with E-state index in [1.807, 2.05) is 0 Å². The van der Waals surface area contributed by atoms with E-state index in [0.717, 1.165) is 13.1 Å². The third-order valence-corrected chi connectivity index (χ3v) is 5.26. The largest absolute Gasteiger partial charge is 0.300 e. The van der Waals surface area contributed by atoms with Gasteiger partial charge in [-0.3, -0.25) is 9.69 Å². The van der Waals surface area contributed by atoms with E-state index in [1.165, 1.54) is 6.04 Å². The van der Waals surface area contributed by atoms with E-state index in [2.05, 4.69) is 37.4 Å². The minimum atomic E-state index is -1.07. The smallest absolute Gasteiger partial charge is 0.135 e. The summed E-state index contributed by atoms with van der Waals surface area (Å²) in [5, 5.41) is 0. The van der Waals surface area contributed by atoms with E-state index in [-0.39, 0.29) is 6.04 Å². The molecule has 0 saturated carbocycles. The highest BCUT2D eigenvalue weighted by Gasteiger charge is 2.29. The number of nitrogens with zero attached hydrogens (tertiary/aromatic N) is 1. The summed E-state index contributed by atoms with van der Waals surface area (Å²) in [4.78, 5) is 13.6. The zero-order chi connectivity index (χ0) is 13.1. The van der Waals surface area contributed by atoms with Crippen LogP contribution in [0.3, 0.4) is 0 Å². The summed E-state index contributed by atoms with van der Waals surface area (Å²) >= 11 is 0. The molecule has 0 N–H and O–H groups in total. The molecule has 1 aliphatic rings. The second-order valence-electron chi connectivity index (χ2n) is 6.43. The molecule has 0 aromatic carbocycles. The van der Waals surface area contributed by atoms with Crippen molar-refractivity contribution < 1.29 is 4.79 Å². The molecule has 0 aromatic heterocycles. The van der Waals surface area contributed by atoms with E-state index in [9.17, 15) is 4.79 Å². The van der Waals surface area contributed by atoms with Gasteiger partial charge >= 0.3 is 0 Å². The number of piperidine rings is 1. The fraction of sp³-hybridized carbons (Fsp3) is 0.786.